The summed E-state index contributed by atoms with van der Waals surface area (Å²) in [6, 6.07) is 32.5. The molecular weight excluding hydrogens is 557 g/mol. The number of benzene rings is 4. The number of imidazole rings is 1. The van der Waals surface area contributed by atoms with E-state index in [4.69, 9.17) is 9.72 Å². The minimum atomic E-state index is -0.275. The molecule has 1 N–H and O–H groups in total. The molecule has 0 atom stereocenters. The third kappa shape index (κ3) is 5.66. The average Bonchev–Trinajstić information content (AvgIpc) is 3.61. The molecule has 0 aliphatic heterocycles. The summed E-state index contributed by atoms with van der Waals surface area (Å²) in [5, 5.41) is 8.40. The zero-order valence-corrected chi connectivity index (χ0v) is 22.3. The number of H-pyrrole nitrogens is 1. The van der Waals surface area contributed by atoms with E-state index in [9.17, 15) is 4.39 Å². The van der Waals surface area contributed by atoms with E-state index >= 15 is 0 Å². The SMILES string of the molecule is Fc1cccc(Cn2cc(COc3ccc(Br)cc3-c3nc(-c4ccccc4)c(-c4ccccc4)[nH]3)nn2)c1. The molecule has 0 aliphatic carbocycles. The molecule has 0 fully saturated rings. The van der Waals surface area contributed by atoms with Crippen molar-refractivity contribution in [3.05, 3.63) is 131 Å². The van der Waals surface area contributed by atoms with Crippen molar-refractivity contribution in [1.82, 2.24) is 25.0 Å². The van der Waals surface area contributed by atoms with Gasteiger partial charge in [0.05, 0.1) is 29.7 Å². The number of hydrogen-bond donors (Lipinski definition) is 1. The first-order valence-electron chi connectivity index (χ1n) is 12.4. The van der Waals surface area contributed by atoms with Crippen molar-refractivity contribution >= 4 is 15.9 Å². The van der Waals surface area contributed by atoms with Crippen molar-refractivity contribution in [3.63, 3.8) is 0 Å². The van der Waals surface area contributed by atoms with E-state index in [1.54, 1.807) is 16.9 Å². The first kappa shape index (κ1) is 24.8. The van der Waals surface area contributed by atoms with E-state index in [1.807, 2.05) is 60.7 Å². The summed E-state index contributed by atoms with van der Waals surface area (Å²) >= 11 is 3.60. The fourth-order valence-corrected chi connectivity index (χ4v) is 4.75. The predicted octanol–water partition coefficient (Wildman–Crippen LogP) is 7.53. The van der Waals surface area contributed by atoms with Gasteiger partial charge in [-0.2, -0.15) is 0 Å². The third-order valence-corrected chi connectivity index (χ3v) is 6.70. The predicted molar refractivity (Wildman–Crippen MR) is 152 cm³/mol. The van der Waals surface area contributed by atoms with E-state index in [0.29, 0.717) is 23.8 Å². The molecule has 0 aliphatic rings. The van der Waals surface area contributed by atoms with Gasteiger partial charge in [0.2, 0.25) is 0 Å². The normalized spacial score (nSPS) is 11.0. The molecule has 0 spiro atoms. The highest BCUT2D eigenvalue weighted by Gasteiger charge is 2.18. The Morgan fingerprint density at radius 1 is 0.846 bits per heavy atom. The summed E-state index contributed by atoms with van der Waals surface area (Å²) in [7, 11) is 0. The Bertz CT molecular complexity index is 1660. The molecule has 0 amide bonds. The minimum absolute atomic E-state index is 0.218. The Morgan fingerprint density at radius 2 is 1.62 bits per heavy atom. The van der Waals surface area contributed by atoms with Gasteiger partial charge in [0.15, 0.2) is 0 Å². The Kier molecular flexibility index (Phi) is 7.01. The van der Waals surface area contributed by atoms with Crippen LogP contribution in [0.15, 0.2) is 114 Å². The number of rotatable bonds is 8. The summed E-state index contributed by atoms with van der Waals surface area (Å²) in [5.41, 5.74) is 6.15. The standard InChI is InChI=1S/C31H23BrFN5O/c32-24-14-15-28(39-20-26-19-38(37-36-26)18-21-8-7-13-25(33)16-21)27(17-24)31-34-29(22-9-3-1-4-10-22)30(35-31)23-11-5-2-6-12-23/h1-17,19H,18,20H2,(H,34,35). The van der Waals surface area contributed by atoms with E-state index < -0.39 is 0 Å². The zero-order chi connectivity index (χ0) is 26.6. The van der Waals surface area contributed by atoms with Gasteiger partial charge in [-0.05, 0) is 35.9 Å². The lowest BCUT2D eigenvalue weighted by Gasteiger charge is -2.09. The first-order chi connectivity index (χ1) is 19.1. The van der Waals surface area contributed by atoms with Crippen molar-refractivity contribution in [2.45, 2.75) is 13.2 Å². The average molecular weight is 580 g/mol. The van der Waals surface area contributed by atoms with Crippen molar-refractivity contribution in [2.24, 2.45) is 0 Å². The van der Waals surface area contributed by atoms with Crippen LogP contribution >= 0.6 is 15.9 Å². The number of aromatic nitrogens is 5. The second kappa shape index (κ2) is 11.0. The highest BCUT2D eigenvalue weighted by molar-refractivity contribution is 9.10. The van der Waals surface area contributed by atoms with Crippen LogP contribution in [0.2, 0.25) is 0 Å². The van der Waals surface area contributed by atoms with Gasteiger partial charge in [-0.25, -0.2) is 14.1 Å². The summed E-state index contributed by atoms with van der Waals surface area (Å²) in [6.45, 7) is 0.640. The summed E-state index contributed by atoms with van der Waals surface area (Å²) < 4.78 is 22.3. The van der Waals surface area contributed by atoms with Gasteiger partial charge in [-0.15, -0.1) is 5.10 Å². The molecule has 0 unspecified atom stereocenters. The molecule has 0 radical (unpaired) electrons. The highest BCUT2D eigenvalue weighted by atomic mass is 79.9. The number of halogens is 2. The third-order valence-electron chi connectivity index (χ3n) is 6.21. The van der Waals surface area contributed by atoms with Crippen LogP contribution in [0.1, 0.15) is 11.3 Å². The maximum Gasteiger partial charge on any atom is 0.142 e. The van der Waals surface area contributed by atoms with Gasteiger partial charge in [0.1, 0.15) is 29.7 Å². The maximum atomic E-state index is 13.5. The largest absolute Gasteiger partial charge is 0.486 e. The smallest absolute Gasteiger partial charge is 0.142 e. The molecule has 6 aromatic rings. The van der Waals surface area contributed by atoms with Crippen molar-refractivity contribution < 1.29 is 9.13 Å². The van der Waals surface area contributed by atoms with Crippen molar-refractivity contribution in [1.29, 1.82) is 0 Å². The number of aromatic amines is 1. The van der Waals surface area contributed by atoms with Gasteiger partial charge >= 0.3 is 0 Å². The second-order valence-electron chi connectivity index (χ2n) is 9.01. The van der Waals surface area contributed by atoms with E-state index in [0.717, 1.165) is 38.1 Å². The van der Waals surface area contributed by atoms with Crippen LogP contribution in [0.3, 0.4) is 0 Å². The van der Waals surface area contributed by atoms with Gasteiger partial charge in [-0.1, -0.05) is 93.9 Å². The Balaban J connectivity index is 1.29. The van der Waals surface area contributed by atoms with Gasteiger partial charge in [-0.3, -0.25) is 0 Å². The molecule has 39 heavy (non-hydrogen) atoms. The van der Waals surface area contributed by atoms with E-state index in [1.165, 1.54) is 12.1 Å². The zero-order valence-electron chi connectivity index (χ0n) is 20.8. The molecule has 6 nitrogen and oxygen atoms in total. The van der Waals surface area contributed by atoms with Crippen LogP contribution in [-0.2, 0) is 13.2 Å². The first-order valence-corrected chi connectivity index (χ1v) is 13.2. The Labute approximate surface area is 233 Å². The lowest BCUT2D eigenvalue weighted by atomic mass is 10.1. The topological polar surface area (TPSA) is 68.6 Å². The molecule has 2 aromatic heterocycles. The van der Waals surface area contributed by atoms with E-state index in [2.05, 4.69) is 55.5 Å². The van der Waals surface area contributed by atoms with Crippen LogP contribution in [0.5, 0.6) is 5.75 Å². The van der Waals surface area contributed by atoms with Crippen LogP contribution in [0.4, 0.5) is 4.39 Å². The molecule has 0 saturated carbocycles. The van der Waals surface area contributed by atoms with Crippen LogP contribution < -0.4 is 4.74 Å². The fourth-order valence-electron chi connectivity index (χ4n) is 4.39. The van der Waals surface area contributed by atoms with Crippen LogP contribution in [0, 0.1) is 5.82 Å². The van der Waals surface area contributed by atoms with Crippen LogP contribution in [0.25, 0.3) is 33.9 Å². The lowest BCUT2D eigenvalue weighted by Crippen LogP contribution is -2.00. The number of nitrogens with zero attached hydrogens (tertiary/aromatic N) is 4. The molecular formula is C31H23BrFN5O. The van der Waals surface area contributed by atoms with Gasteiger partial charge < -0.3 is 9.72 Å². The van der Waals surface area contributed by atoms with Gasteiger partial charge in [0.25, 0.3) is 0 Å². The van der Waals surface area contributed by atoms with E-state index in [-0.39, 0.29) is 12.4 Å². The summed E-state index contributed by atoms with van der Waals surface area (Å²) in [5.74, 6) is 1.08. The minimum Gasteiger partial charge on any atom is -0.486 e. The highest BCUT2D eigenvalue weighted by Crippen LogP contribution is 2.37. The molecule has 8 heteroatoms. The number of nitrogens with one attached hydrogen (secondary N) is 1. The van der Waals surface area contributed by atoms with Crippen molar-refractivity contribution in [2.75, 3.05) is 0 Å². The number of hydrogen-bond acceptors (Lipinski definition) is 4. The molecule has 0 bridgehead atoms. The summed E-state index contributed by atoms with van der Waals surface area (Å²) in [4.78, 5) is 8.56. The molecule has 0 saturated heterocycles. The van der Waals surface area contributed by atoms with Crippen molar-refractivity contribution in [3.8, 4) is 39.7 Å². The fraction of sp³-hybridized carbons (Fsp3) is 0.0645. The van der Waals surface area contributed by atoms with Crippen LogP contribution in [-0.4, -0.2) is 25.0 Å². The second-order valence-corrected chi connectivity index (χ2v) is 9.92. The molecule has 4 aromatic carbocycles. The monoisotopic (exact) mass is 579 g/mol. The lowest BCUT2D eigenvalue weighted by molar-refractivity contribution is 0.302. The summed E-state index contributed by atoms with van der Waals surface area (Å²) in [6.07, 6.45) is 1.80. The number of ether oxygens (including phenoxy) is 1. The molecule has 192 valence electrons. The van der Waals surface area contributed by atoms with Gasteiger partial charge in [0, 0.05) is 15.6 Å². The Hall–Kier alpha value is -4.56. The Morgan fingerprint density at radius 3 is 2.38 bits per heavy atom. The quantitative estimate of drug-likeness (QED) is 0.202. The maximum absolute atomic E-state index is 13.5. The molecule has 2 heterocycles. The molecule has 6 rings (SSSR count).